The minimum absolute atomic E-state index is 0.162. The van der Waals surface area contributed by atoms with E-state index in [9.17, 15) is 0 Å². The number of nitrogens with zero attached hydrogens (tertiary/aromatic N) is 3. The van der Waals surface area contributed by atoms with Gasteiger partial charge < -0.3 is 9.88 Å². The number of likely N-dealkylation sites (N-methyl/N-ethyl adjacent to an activating group) is 1. The molecule has 0 aromatic carbocycles. The maximum absolute atomic E-state index is 5.90. The number of pyridine rings is 1. The maximum atomic E-state index is 5.90. The van der Waals surface area contributed by atoms with Crippen LogP contribution in [-0.4, -0.2) is 21.1 Å². The van der Waals surface area contributed by atoms with Gasteiger partial charge in [-0.05, 0) is 25.1 Å². The van der Waals surface area contributed by atoms with Crippen LogP contribution in [0.2, 0.25) is 5.02 Å². The van der Waals surface area contributed by atoms with E-state index >= 15 is 0 Å². The van der Waals surface area contributed by atoms with Crippen LogP contribution in [0.25, 0.3) is 0 Å². The fourth-order valence-electron chi connectivity index (χ4n) is 2.28. The van der Waals surface area contributed by atoms with Crippen molar-refractivity contribution in [2.75, 3.05) is 6.54 Å². The van der Waals surface area contributed by atoms with E-state index in [1.54, 1.807) is 6.20 Å². The molecule has 0 radical (unpaired) electrons. The van der Waals surface area contributed by atoms with E-state index in [4.69, 9.17) is 11.6 Å². The molecule has 1 atom stereocenters. The SMILES string of the molecule is CCCn1ccnc1CC(NCC)c1ccc(Cl)cn1. The molecule has 0 saturated heterocycles. The molecule has 2 rings (SSSR count). The van der Waals surface area contributed by atoms with Crippen LogP contribution in [0.15, 0.2) is 30.7 Å². The summed E-state index contributed by atoms with van der Waals surface area (Å²) in [7, 11) is 0. The predicted octanol–water partition coefficient (Wildman–Crippen LogP) is 3.23. The first-order chi connectivity index (χ1) is 9.74. The minimum atomic E-state index is 0.162. The van der Waals surface area contributed by atoms with Crippen molar-refractivity contribution in [2.45, 2.75) is 39.3 Å². The Morgan fingerprint density at radius 1 is 1.30 bits per heavy atom. The fraction of sp³-hybridized carbons (Fsp3) is 0.467. The third kappa shape index (κ3) is 3.81. The standard InChI is InChI=1S/C15H21ClN4/c1-3-8-20-9-7-18-15(20)10-14(17-4-2)13-6-5-12(16)11-19-13/h5-7,9,11,14,17H,3-4,8,10H2,1-2H3. The van der Waals surface area contributed by atoms with Crippen LogP contribution in [0.1, 0.15) is 37.8 Å². The molecule has 1 N–H and O–H groups in total. The molecule has 0 aliphatic heterocycles. The van der Waals surface area contributed by atoms with Crippen LogP contribution in [0.3, 0.4) is 0 Å². The lowest BCUT2D eigenvalue weighted by Crippen LogP contribution is -2.25. The zero-order chi connectivity index (χ0) is 14.4. The highest BCUT2D eigenvalue weighted by molar-refractivity contribution is 6.30. The number of imidazole rings is 1. The molecule has 2 aromatic rings. The van der Waals surface area contributed by atoms with Crippen LogP contribution in [0.4, 0.5) is 0 Å². The van der Waals surface area contributed by atoms with Gasteiger partial charge in [-0.15, -0.1) is 0 Å². The average molecular weight is 293 g/mol. The van der Waals surface area contributed by atoms with Crippen molar-refractivity contribution >= 4 is 11.6 Å². The van der Waals surface area contributed by atoms with Gasteiger partial charge in [0.05, 0.1) is 16.8 Å². The summed E-state index contributed by atoms with van der Waals surface area (Å²) >= 11 is 5.90. The van der Waals surface area contributed by atoms with E-state index in [0.29, 0.717) is 5.02 Å². The van der Waals surface area contributed by atoms with Gasteiger partial charge in [-0.1, -0.05) is 25.4 Å². The van der Waals surface area contributed by atoms with Crippen LogP contribution < -0.4 is 5.32 Å². The van der Waals surface area contributed by atoms with Gasteiger partial charge in [0.25, 0.3) is 0 Å². The largest absolute Gasteiger partial charge is 0.335 e. The maximum Gasteiger partial charge on any atom is 0.110 e. The van der Waals surface area contributed by atoms with Crippen molar-refractivity contribution in [3.63, 3.8) is 0 Å². The molecule has 0 aliphatic rings. The third-order valence-electron chi connectivity index (χ3n) is 3.21. The minimum Gasteiger partial charge on any atom is -0.335 e. The number of hydrogen-bond acceptors (Lipinski definition) is 3. The number of aryl methyl sites for hydroxylation is 1. The summed E-state index contributed by atoms with van der Waals surface area (Å²) in [4.78, 5) is 8.89. The van der Waals surface area contributed by atoms with E-state index in [2.05, 4.69) is 33.7 Å². The lowest BCUT2D eigenvalue weighted by atomic mass is 10.1. The van der Waals surface area contributed by atoms with Crippen molar-refractivity contribution in [3.8, 4) is 0 Å². The summed E-state index contributed by atoms with van der Waals surface area (Å²) in [6.45, 7) is 6.17. The lowest BCUT2D eigenvalue weighted by molar-refractivity contribution is 0.506. The summed E-state index contributed by atoms with van der Waals surface area (Å²) < 4.78 is 2.21. The monoisotopic (exact) mass is 292 g/mol. The molecule has 0 bridgehead atoms. The van der Waals surface area contributed by atoms with Crippen LogP contribution in [0.5, 0.6) is 0 Å². The van der Waals surface area contributed by atoms with Gasteiger partial charge in [-0.3, -0.25) is 4.98 Å². The topological polar surface area (TPSA) is 42.7 Å². The molecule has 0 amide bonds. The van der Waals surface area contributed by atoms with E-state index < -0.39 is 0 Å². The van der Waals surface area contributed by atoms with Gasteiger partial charge in [-0.2, -0.15) is 0 Å². The molecule has 5 heteroatoms. The van der Waals surface area contributed by atoms with Crippen LogP contribution in [-0.2, 0) is 13.0 Å². The van der Waals surface area contributed by atoms with Gasteiger partial charge in [-0.25, -0.2) is 4.98 Å². The molecule has 0 fully saturated rings. The molecule has 20 heavy (non-hydrogen) atoms. The smallest absolute Gasteiger partial charge is 0.110 e. The van der Waals surface area contributed by atoms with E-state index in [-0.39, 0.29) is 6.04 Å². The van der Waals surface area contributed by atoms with Gasteiger partial charge in [0.15, 0.2) is 0 Å². The molecule has 1 unspecified atom stereocenters. The molecule has 0 spiro atoms. The third-order valence-corrected chi connectivity index (χ3v) is 3.43. The first-order valence-corrected chi connectivity index (χ1v) is 7.47. The van der Waals surface area contributed by atoms with Crippen LogP contribution >= 0.6 is 11.6 Å². The molecular formula is C15H21ClN4. The van der Waals surface area contributed by atoms with Gasteiger partial charge in [0, 0.05) is 31.6 Å². The highest BCUT2D eigenvalue weighted by atomic mass is 35.5. The Bertz CT molecular complexity index is 521. The Balaban J connectivity index is 2.16. The van der Waals surface area contributed by atoms with E-state index in [0.717, 1.165) is 37.4 Å². The highest BCUT2D eigenvalue weighted by Crippen LogP contribution is 2.17. The normalized spacial score (nSPS) is 12.6. The van der Waals surface area contributed by atoms with Crippen molar-refractivity contribution in [2.24, 2.45) is 0 Å². The van der Waals surface area contributed by atoms with Gasteiger partial charge in [0.2, 0.25) is 0 Å². The van der Waals surface area contributed by atoms with Gasteiger partial charge >= 0.3 is 0 Å². The summed E-state index contributed by atoms with van der Waals surface area (Å²) in [5, 5.41) is 4.13. The number of hydrogen-bond donors (Lipinski definition) is 1. The molecular weight excluding hydrogens is 272 g/mol. The average Bonchev–Trinajstić information content (AvgIpc) is 2.87. The zero-order valence-corrected chi connectivity index (χ0v) is 12.8. The summed E-state index contributed by atoms with van der Waals surface area (Å²) in [5.74, 6) is 1.09. The summed E-state index contributed by atoms with van der Waals surface area (Å²) in [5.41, 5.74) is 1.00. The molecule has 2 heterocycles. The zero-order valence-electron chi connectivity index (χ0n) is 12.0. The van der Waals surface area contributed by atoms with Gasteiger partial charge in [0.1, 0.15) is 5.82 Å². The molecule has 108 valence electrons. The molecule has 4 nitrogen and oxygen atoms in total. The van der Waals surface area contributed by atoms with Crippen molar-refractivity contribution in [1.82, 2.24) is 19.9 Å². The van der Waals surface area contributed by atoms with Crippen molar-refractivity contribution in [3.05, 3.63) is 47.3 Å². The van der Waals surface area contributed by atoms with Crippen LogP contribution in [0, 0.1) is 0 Å². The Morgan fingerprint density at radius 3 is 2.80 bits per heavy atom. The lowest BCUT2D eigenvalue weighted by Gasteiger charge is -2.18. The Morgan fingerprint density at radius 2 is 2.15 bits per heavy atom. The van der Waals surface area contributed by atoms with E-state index in [1.165, 1.54) is 0 Å². The number of rotatable bonds is 7. The first kappa shape index (κ1) is 15.0. The van der Waals surface area contributed by atoms with E-state index in [1.807, 2.05) is 24.5 Å². The second-order valence-electron chi connectivity index (χ2n) is 4.75. The summed E-state index contributed by atoms with van der Waals surface area (Å²) in [6, 6.07) is 4.02. The molecule has 0 aliphatic carbocycles. The number of aromatic nitrogens is 3. The second-order valence-corrected chi connectivity index (χ2v) is 5.19. The Hall–Kier alpha value is -1.39. The number of halogens is 1. The predicted molar refractivity (Wildman–Crippen MR) is 81.9 cm³/mol. The Labute approximate surface area is 125 Å². The first-order valence-electron chi connectivity index (χ1n) is 7.09. The highest BCUT2D eigenvalue weighted by Gasteiger charge is 2.15. The second kappa shape index (κ2) is 7.41. The van der Waals surface area contributed by atoms with Crippen molar-refractivity contribution in [1.29, 1.82) is 0 Å². The Kier molecular flexibility index (Phi) is 5.56. The molecule has 0 saturated carbocycles. The number of nitrogens with one attached hydrogen (secondary N) is 1. The summed E-state index contributed by atoms with van der Waals surface area (Å²) in [6.07, 6.45) is 7.53. The quantitative estimate of drug-likeness (QED) is 0.852. The molecule has 2 aromatic heterocycles. The fourth-order valence-corrected chi connectivity index (χ4v) is 2.39. The van der Waals surface area contributed by atoms with Crippen molar-refractivity contribution < 1.29 is 0 Å².